The molecule has 1 saturated heterocycles. The molecular formula is C15H25F3N2O4. The fraction of sp³-hybridized carbons (Fsp3) is 0.867. The topological polar surface area (TPSA) is 67.9 Å². The molecule has 1 aliphatic heterocycles. The molecule has 1 N–H and O–H groups in total. The molecule has 1 aliphatic rings. The van der Waals surface area contributed by atoms with Gasteiger partial charge in [0.1, 0.15) is 11.6 Å². The van der Waals surface area contributed by atoms with E-state index in [2.05, 4.69) is 10.1 Å². The van der Waals surface area contributed by atoms with Crippen molar-refractivity contribution in [1.82, 2.24) is 10.2 Å². The van der Waals surface area contributed by atoms with Gasteiger partial charge < -0.3 is 15.0 Å². The number of likely N-dealkylation sites (tertiary alicyclic amines) is 1. The number of amides is 2. The first-order valence-electron chi connectivity index (χ1n) is 7.83. The lowest BCUT2D eigenvalue weighted by Gasteiger charge is -2.39. The van der Waals surface area contributed by atoms with E-state index in [4.69, 9.17) is 4.74 Å². The fourth-order valence-electron chi connectivity index (χ4n) is 2.55. The van der Waals surface area contributed by atoms with E-state index >= 15 is 0 Å². The zero-order valence-electron chi connectivity index (χ0n) is 14.6. The van der Waals surface area contributed by atoms with Crippen LogP contribution in [0.25, 0.3) is 0 Å². The van der Waals surface area contributed by atoms with Gasteiger partial charge in [0, 0.05) is 12.6 Å². The Labute approximate surface area is 139 Å². The van der Waals surface area contributed by atoms with Gasteiger partial charge in [-0.1, -0.05) is 0 Å². The highest BCUT2D eigenvalue weighted by Gasteiger charge is 2.38. The van der Waals surface area contributed by atoms with Crippen LogP contribution in [0.1, 0.15) is 47.5 Å². The minimum atomic E-state index is -4.68. The number of carbonyl (C=O) groups excluding carboxylic acids is 2. The van der Waals surface area contributed by atoms with Gasteiger partial charge >= 0.3 is 12.5 Å². The summed E-state index contributed by atoms with van der Waals surface area (Å²) < 4.78 is 45.9. The van der Waals surface area contributed by atoms with Gasteiger partial charge in [-0.15, -0.1) is 13.2 Å². The number of ether oxygens (including phenoxy) is 2. The van der Waals surface area contributed by atoms with E-state index in [1.165, 1.54) is 11.8 Å². The minimum Gasteiger partial charge on any atom is -0.444 e. The molecule has 9 heteroatoms. The van der Waals surface area contributed by atoms with Crippen molar-refractivity contribution in [2.24, 2.45) is 0 Å². The summed E-state index contributed by atoms with van der Waals surface area (Å²) in [5.74, 6) is -0.362. The number of nitrogens with zero attached hydrogens (tertiary/aromatic N) is 1. The van der Waals surface area contributed by atoms with Gasteiger partial charge in [-0.2, -0.15) is 0 Å². The molecule has 6 nitrogen and oxygen atoms in total. The second-order valence-corrected chi connectivity index (χ2v) is 6.96. The highest BCUT2D eigenvalue weighted by Crippen LogP contribution is 2.27. The lowest BCUT2D eigenvalue weighted by molar-refractivity contribution is -0.346. The Morgan fingerprint density at radius 3 is 2.29 bits per heavy atom. The normalized spacial score (nSPS) is 23.6. The second kappa shape index (κ2) is 7.58. The van der Waals surface area contributed by atoms with Crippen LogP contribution in [-0.4, -0.2) is 53.6 Å². The van der Waals surface area contributed by atoms with E-state index in [0.717, 1.165) is 0 Å². The van der Waals surface area contributed by atoms with Crippen molar-refractivity contribution >= 4 is 12.0 Å². The van der Waals surface area contributed by atoms with Crippen molar-refractivity contribution in [3.8, 4) is 0 Å². The maximum atomic E-state index is 12.4. The molecule has 2 amide bonds. The van der Waals surface area contributed by atoms with Crippen LogP contribution < -0.4 is 5.32 Å². The first kappa shape index (κ1) is 20.5. The minimum absolute atomic E-state index is 0.0877. The van der Waals surface area contributed by atoms with Gasteiger partial charge in [-0.25, -0.2) is 4.79 Å². The van der Waals surface area contributed by atoms with E-state index < -0.39 is 36.2 Å². The Morgan fingerprint density at radius 2 is 1.83 bits per heavy atom. The number of piperidine rings is 1. The van der Waals surface area contributed by atoms with E-state index in [1.54, 1.807) is 27.7 Å². The summed E-state index contributed by atoms with van der Waals surface area (Å²) in [6, 6.07) is -1.25. The molecule has 0 aromatic rings. The van der Waals surface area contributed by atoms with Crippen LogP contribution in [-0.2, 0) is 14.3 Å². The van der Waals surface area contributed by atoms with Gasteiger partial charge in [0.2, 0.25) is 5.91 Å². The summed E-state index contributed by atoms with van der Waals surface area (Å²) in [5, 5.41) is 2.44. The van der Waals surface area contributed by atoms with E-state index in [1.807, 2.05) is 0 Å². The van der Waals surface area contributed by atoms with Gasteiger partial charge in [-0.3, -0.25) is 9.53 Å². The van der Waals surface area contributed by atoms with Crippen LogP contribution in [0.3, 0.4) is 0 Å². The average Bonchev–Trinajstić information content (AvgIpc) is 2.33. The number of rotatable bonds is 3. The number of hydrogen-bond donors (Lipinski definition) is 1. The quantitative estimate of drug-likeness (QED) is 0.846. The summed E-state index contributed by atoms with van der Waals surface area (Å²) in [4.78, 5) is 25.5. The molecule has 24 heavy (non-hydrogen) atoms. The number of halogens is 3. The molecule has 1 heterocycles. The summed E-state index contributed by atoms with van der Waals surface area (Å²) >= 11 is 0. The molecule has 0 saturated carbocycles. The molecule has 0 aliphatic carbocycles. The lowest BCUT2D eigenvalue weighted by Crippen LogP contribution is -2.54. The molecule has 140 valence electrons. The third kappa shape index (κ3) is 6.94. The summed E-state index contributed by atoms with van der Waals surface area (Å²) in [7, 11) is 0. The number of nitrogens with one attached hydrogen (secondary N) is 1. The average molecular weight is 354 g/mol. The predicted octanol–water partition coefficient (Wildman–Crippen LogP) is 2.82. The smallest absolute Gasteiger partial charge is 0.444 e. The maximum Gasteiger partial charge on any atom is 0.522 e. The predicted molar refractivity (Wildman–Crippen MR) is 80.2 cm³/mol. The van der Waals surface area contributed by atoms with Crippen molar-refractivity contribution < 1.29 is 32.2 Å². The zero-order chi connectivity index (χ0) is 18.7. The zero-order valence-corrected chi connectivity index (χ0v) is 14.6. The Balaban J connectivity index is 2.55. The number of alkyl carbamates (subject to hydrolysis) is 1. The van der Waals surface area contributed by atoms with Crippen molar-refractivity contribution in [2.75, 3.05) is 6.54 Å². The van der Waals surface area contributed by atoms with E-state index in [-0.39, 0.29) is 25.3 Å². The molecule has 0 radical (unpaired) electrons. The van der Waals surface area contributed by atoms with Crippen LogP contribution in [0.5, 0.6) is 0 Å². The molecule has 3 atom stereocenters. The summed E-state index contributed by atoms with van der Waals surface area (Å²) in [6.07, 6.45) is -6.18. The largest absolute Gasteiger partial charge is 0.522 e. The van der Waals surface area contributed by atoms with Crippen molar-refractivity contribution in [2.45, 2.75) is 77.6 Å². The lowest BCUT2D eigenvalue weighted by atomic mass is 9.99. The van der Waals surface area contributed by atoms with Crippen molar-refractivity contribution in [3.63, 3.8) is 0 Å². The third-order valence-corrected chi connectivity index (χ3v) is 3.52. The third-order valence-electron chi connectivity index (χ3n) is 3.52. The maximum absolute atomic E-state index is 12.4. The van der Waals surface area contributed by atoms with Crippen molar-refractivity contribution in [3.05, 3.63) is 0 Å². The highest BCUT2D eigenvalue weighted by atomic mass is 19.4. The molecule has 0 spiro atoms. The summed E-state index contributed by atoms with van der Waals surface area (Å²) in [6.45, 7) is 8.41. The molecule has 0 unspecified atom stereocenters. The first-order chi connectivity index (χ1) is 10.8. The Kier molecular flexibility index (Phi) is 6.49. The van der Waals surface area contributed by atoms with Gasteiger partial charge in [-0.05, 0) is 47.5 Å². The fourth-order valence-corrected chi connectivity index (χ4v) is 2.55. The SMILES string of the molecule is C[C@@H](NC(=O)OC(C)(C)C)C(=O)N1CC[C@@H](OC(F)(F)F)C[C@@H]1C. The van der Waals surface area contributed by atoms with Crippen molar-refractivity contribution in [1.29, 1.82) is 0 Å². The van der Waals surface area contributed by atoms with Crippen LogP contribution in [0.4, 0.5) is 18.0 Å². The van der Waals surface area contributed by atoms with Crippen LogP contribution >= 0.6 is 0 Å². The van der Waals surface area contributed by atoms with Gasteiger partial charge in [0.05, 0.1) is 6.10 Å². The van der Waals surface area contributed by atoms with Crippen LogP contribution in [0.15, 0.2) is 0 Å². The Morgan fingerprint density at radius 1 is 1.25 bits per heavy atom. The Hall–Kier alpha value is -1.51. The van der Waals surface area contributed by atoms with Gasteiger partial charge in [0.15, 0.2) is 0 Å². The molecule has 0 aromatic heterocycles. The monoisotopic (exact) mass is 354 g/mol. The number of alkyl halides is 3. The highest BCUT2D eigenvalue weighted by molar-refractivity contribution is 5.85. The van der Waals surface area contributed by atoms with Crippen LogP contribution in [0.2, 0.25) is 0 Å². The molecular weight excluding hydrogens is 329 g/mol. The van der Waals surface area contributed by atoms with E-state index in [9.17, 15) is 22.8 Å². The van der Waals surface area contributed by atoms with E-state index in [0.29, 0.717) is 0 Å². The summed E-state index contributed by atoms with van der Waals surface area (Å²) in [5.41, 5.74) is -0.687. The molecule has 0 bridgehead atoms. The molecule has 1 fully saturated rings. The second-order valence-electron chi connectivity index (χ2n) is 6.96. The van der Waals surface area contributed by atoms with Gasteiger partial charge in [0.25, 0.3) is 0 Å². The first-order valence-corrected chi connectivity index (χ1v) is 7.83. The number of carbonyl (C=O) groups is 2. The molecule has 1 rings (SSSR count). The number of hydrogen-bond acceptors (Lipinski definition) is 4. The van der Waals surface area contributed by atoms with Crippen LogP contribution in [0, 0.1) is 0 Å². The molecule has 0 aromatic carbocycles. The Bertz CT molecular complexity index is 463. The standard InChI is InChI=1S/C15H25F3N2O4/c1-9-8-11(23-15(16,17)18)6-7-20(9)12(21)10(2)19-13(22)24-14(3,4)5/h9-11H,6-8H2,1-5H3,(H,19,22)/t9-,10+,11+/m0/s1.